The second kappa shape index (κ2) is 7.51. The van der Waals surface area contributed by atoms with E-state index in [-0.39, 0.29) is 11.8 Å². The number of piperidine rings is 1. The van der Waals surface area contributed by atoms with E-state index < -0.39 is 0 Å². The summed E-state index contributed by atoms with van der Waals surface area (Å²) in [5.74, 6) is 0.396. The van der Waals surface area contributed by atoms with Gasteiger partial charge in [-0.15, -0.1) is 0 Å². The monoisotopic (exact) mass is 341 g/mol. The van der Waals surface area contributed by atoms with Crippen molar-refractivity contribution < 1.29 is 14.1 Å². The van der Waals surface area contributed by atoms with E-state index in [9.17, 15) is 9.59 Å². The Morgan fingerprint density at radius 3 is 2.40 bits per heavy atom. The van der Waals surface area contributed by atoms with E-state index in [2.05, 4.69) is 10.5 Å². The molecule has 2 amide bonds. The van der Waals surface area contributed by atoms with Crippen LogP contribution in [-0.2, 0) is 6.54 Å². The van der Waals surface area contributed by atoms with Crippen LogP contribution in [0.15, 0.2) is 28.8 Å². The molecule has 3 rings (SSSR count). The first-order valence-corrected chi connectivity index (χ1v) is 8.65. The summed E-state index contributed by atoms with van der Waals surface area (Å²) in [6.45, 7) is 5.53. The van der Waals surface area contributed by atoms with Gasteiger partial charge in [-0.2, -0.15) is 0 Å². The number of aryl methyl sites for hydroxylation is 2. The molecule has 1 aliphatic heterocycles. The smallest absolute Gasteiger partial charge is 0.257 e. The van der Waals surface area contributed by atoms with Crippen LogP contribution in [0.3, 0.4) is 0 Å². The zero-order valence-corrected chi connectivity index (χ0v) is 14.7. The summed E-state index contributed by atoms with van der Waals surface area (Å²) in [4.78, 5) is 26.6. The molecule has 1 N–H and O–H groups in total. The van der Waals surface area contributed by atoms with Gasteiger partial charge in [0.15, 0.2) is 0 Å². The Bertz CT molecular complexity index is 739. The molecule has 0 radical (unpaired) electrons. The van der Waals surface area contributed by atoms with Crippen molar-refractivity contribution >= 4 is 11.8 Å². The van der Waals surface area contributed by atoms with Crippen LogP contribution in [0.1, 0.15) is 57.0 Å². The predicted octanol–water partition coefficient (Wildman–Crippen LogP) is 2.85. The normalized spacial score (nSPS) is 14.4. The minimum atomic E-state index is -0.204. The highest BCUT2D eigenvalue weighted by molar-refractivity contribution is 5.96. The third kappa shape index (κ3) is 3.90. The number of carbonyl (C=O) groups is 2. The number of rotatable bonds is 4. The van der Waals surface area contributed by atoms with Gasteiger partial charge in [-0.25, -0.2) is 0 Å². The van der Waals surface area contributed by atoms with Crippen LogP contribution in [0.25, 0.3) is 0 Å². The fourth-order valence-electron chi connectivity index (χ4n) is 3.12. The molecule has 0 aliphatic carbocycles. The van der Waals surface area contributed by atoms with Gasteiger partial charge >= 0.3 is 0 Å². The Morgan fingerprint density at radius 2 is 1.80 bits per heavy atom. The van der Waals surface area contributed by atoms with Gasteiger partial charge in [0.1, 0.15) is 11.3 Å². The average Bonchev–Trinajstić information content (AvgIpc) is 2.99. The van der Waals surface area contributed by atoms with E-state index in [1.54, 1.807) is 13.8 Å². The fraction of sp³-hybridized carbons (Fsp3) is 0.421. The van der Waals surface area contributed by atoms with Gasteiger partial charge in [0.25, 0.3) is 11.8 Å². The van der Waals surface area contributed by atoms with Gasteiger partial charge in [0.2, 0.25) is 0 Å². The first-order chi connectivity index (χ1) is 12.1. The van der Waals surface area contributed by atoms with E-state index >= 15 is 0 Å². The Hall–Kier alpha value is -2.63. The molecule has 2 aromatic rings. The molecule has 132 valence electrons. The topological polar surface area (TPSA) is 75.4 Å². The Morgan fingerprint density at radius 1 is 1.12 bits per heavy atom. The van der Waals surface area contributed by atoms with Crippen molar-refractivity contribution in [1.82, 2.24) is 15.4 Å². The number of amides is 2. The Labute approximate surface area is 147 Å². The van der Waals surface area contributed by atoms with E-state index in [0.29, 0.717) is 29.1 Å². The van der Waals surface area contributed by atoms with Crippen LogP contribution >= 0.6 is 0 Å². The van der Waals surface area contributed by atoms with Crippen molar-refractivity contribution in [3.8, 4) is 0 Å². The van der Waals surface area contributed by atoms with Crippen molar-refractivity contribution in [2.45, 2.75) is 39.7 Å². The number of likely N-dealkylation sites (tertiary alicyclic amines) is 1. The highest BCUT2D eigenvalue weighted by Gasteiger charge is 2.19. The molecule has 0 saturated carbocycles. The van der Waals surface area contributed by atoms with Crippen LogP contribution in [0, 0.1) is 13.8 Å². The van der Waals surface area contributed by atoms with Gasteiger partial charge in [-0.3, -0.25) is 9.59 Å². The van der Waals surface area contributed by atoms with Crippen molar-refractivity contribution in [2.75, 3.05) is 13.1 Å². The summed E-state index contributed by atoms with van der Waals surface area (Å²) in [6.07, 6.45) is 3.36. The van der Waals surface area contributed by atoms with Gasteiger partial charge in [-0.1, -0.05) is 17.3 Å². The van der Waals surface area contributed by atoms with Gasteiger partial charge in [-0.05, 0) is 50.8 Å². The molecule has 0 unspecified atom stereocenters. The number of nitrogens with zero attached hydrogens (tertiary/aromatic N) is 2. The molecule has 0 bridgehead atoms. The minimum Gasteiger partial charge on any atom is -0.361 e. The van der Waals surface area contributed by atoms with Crippen LogP contribution in [-0.4, -0.2) is 35.0 Å². The Kier molecular flexibility index (Phi) is 5.16. The van der Waals surface area contributed by atoms with E-state index in [4.69, 9.17) is 4.52 Å². The van der Waals surface area contributed by atoms with Gasteiger partial charge in [0, 0.05) is 25.2 Å². The van der Waals surface area contributed by atoms with Crippen molar-refractivity contribution in [2.24, 2.45) is 0 Å². The standard InChI is InChI=1S/C19H23N3O3/c1-13-17(14(2)25-21-13)18(23)20-12-15-6-8-16(9-7-15)19(24)22-10-4-3-5-11-22/h6-9H,3-5,10-12H2,1-2H3,(H,20,23). The van der Waals surface area contributed by atoms with Crippen molar-refractivity contribution in [1.29, 1.82) is 0 Å². The van der Waals surface area contributed by atoms with Gasteiger partial charge in [0.05, 0.1) is 5.69 Å². The maximum absolute atomic E-state index is 12.4. The lowest BCUT2D eigenvalue weighted by atomic mass is 10.1. The highest BCUT2D eigenvalue weighted by Crippen LogP contribution is 2.15. The zero-order chi connectivity index (χ0) is 17.8. The SMILES string of the molecule is Cc1noc(C)c1C(=O)NCc1ccc(C(=O)N2CCCCC2)cc1. The molecule has 6 heteroatoms. The summed E-state index contributed by atoms with van der Waals surface area (Å²) in [7, 11) is 0. The predicted molar refractivity (Wildman–Crippen MR) is 93.3 cm³/mol. The van der Waals surface area contributed by atoms with Crippen molar-refractivity contribution in [3.05, 3.63) is 52.4 Å². The number of hydrogen-bond donors (Lipinski definition) is 1. The molecule has 6 nitrogen and oxygen atoms in total. The van der Waals surface area contributed by atoms with Gasteiger partial charge < -0.3 is 14.7 Å². The molecule has 1 aromatic carbocycles. The third-order valence-corrected chi connectivity index (χ3v) is 4.56. The number of nitrogens with one attached hydrogen (secondary N) is 1. The number of aromatic nitrogens is 1. The van der Waals surface area contributed by atoms with E-state index in [1.165, 1.54) is 6.42 Å². The van der Waals surface area contributed by atoms with Crippen molar-refractivity contribution in [3.63, 3.8) is 0 Å². The quantitative estimate of drug-likeness (QED) is 0.928. The first-order valence-electron chi connectivity index (χ1n) is 8.65. The van der Waals surface area contributed by atoms with Crippen LogP contribution < -0.4 is 5.32 Å². The second-order valence-electron chi connectivity index (χ2n) is 6.43. The third-order valence-electron chi connectivity index (χ3n) is 4.56. The highest BCUT2D eigenvalue weighted by atomic mass is 16.5. The zero-order valence-electron chi connectivity index (χ0n) is 14.7. The summed E-state index contributed by atoms with van der Waals surface area (Å²) in [5, 5.41) is 6.65. The largest absolute Gasteiger partial charge is 0.361 e. The lowest BCUT2D eigenvalue weighted by Gasteiger charge is -2.26. The lowest BCUT2D eigenvalue weighted by molar-refractivity contribution is 0.0724. The molecule has 1 aliphatic rings. The molecule has 1 saturated heterocycles. The molecule has 1 fully saturated rings. The van der Waals surface area contributed by atoms with Crippen LogP contribution in [0.4, 0.5) is 0 Å². The molecular formula is C19H23N3O3. The molecular weight excluding hydrogens is 318 g/mol. The lowest BCUT2D eigenvalue weighted by Crippen LogP contribution is -2.35. The molecule has 0 atom stereocenters. The number of hydrogen-bond acceptors (Lipinski definition) is 4. The minimum absolute atomic E-state index is 0.0889. The fourth-order valence-corrected chi connectivity index (χ4v) is 3.12. The summed E-state index contributed by atoms with van der Waals surface area (Å²) >= 11 is 0. The molecule has 25 heavy (non-hydrogen) atoms. The maximum Gasteiger partial charge on any atom is 0.257 e. The maximum atomic E-state index is 12.4. The number of benzene rings is 1. The van der Waals surface area contributed by atoms with E-state index in [1.807, 2.05) is 29.2 Å². The summed E-state index contributed by atoms with van der Waals surface area (Å²) < 4.78 is 5.02. The molecule has 1 aromatic heterocycles. The number of carbonyl (C=O) groups excluding carboxylic acids is 2. The second-order valence-corrected chi connectivity index (χ2v) is 6.43. The Balaban J connectivity index is 1.59. The summed E-state index contributed by atoms with van der Waals surface area (Å²) in [6, 6.07) is 7.41. The van der Waals surface area contributed by atoms with Crippen LogP contribution in [0.5, 0.6) is 0 Å². The van der Waals surface area contributed by atoms with E-state index in [0.717, 1.165) is 31.5 Å². The average molecular weight is 341 g/mol. The molecule has 2 heterocycles. The summed E-state index contributed by atoms with van der Waals surface area (Å²) in [5.41, 5.74) is 2.70. The first kappa shape index (κ1) is 17.2. The van der Waals surface area contributed by atoms with Crippen LogP contribution in [0.2, 0.25) is 0 Å². The molecule has 0 spiro atoms.